The van der Waals surface area contributed by atoms with Crippen LogP contribution in [-0.2, 0) is 17.4 Å². The van der Waals surface area contributed by atoms with Gasteiger partial charge in [0.2, 0.25) is 0 Å². The molecule has 6 heteroatoms. The zero-order chi connectivity index (χ0) is 13.8. The molecule has 18 heavy (non-hydrogen) atoms. The number of rotatable bonds is 5. The summed E-state index contributed by atoms with van der Waals surface area (Å²) < 4.78 is 43.7. The third kappa shape index (κ3) is 3.73. The van der Waals surface area contributed by atoms with Gasteiger partial charge >= 0.3 is 6.18 Å². The number of benzene rings is 1. The number of hydrogen-bond donors (Lipinski definition) is 0. The minimum Gasteiger partial charge on any atom is -0.494 e. The number of ether oxygens (including phenoxy) is 1. The molecular weight excluding hydrogens is 313 g/mol. The van der Waals surface area contributed by atoms with Crippen LogP contribution in [0.15, 0.2) is 18.2 Å². The third-order valence-corrected chi connectivity index (χ3v) is 2.89. The van der Waals surface area contributed by atoms with E-state index in [0.29, 0.717) is 0 Å². The van der Waals surface area contributed by atoms with Gasteiger partial charge in [0, 0.05) is 12.0 Å². The predicted octanol–water partition coefficient (Wildman–Crippen LogP) is 3.61. The number of Topliss-reactive ketones (excluding diaryl/α,β-unsaturated/α-hetero) is 1. The fourth-order valence-electron chi connectivity index (χ4n) is 1.55. The summed E-state index contributed by atoms with van der Waals surface area (Å²) in [6, 6.07) is 3.67. The van der Waals surface area contributed by atoms with Gasteiger partial charge in [0.25, 0.3) is 0 Å². The maximum Gasteiger partial charge on any atom is 0.416 e. The van der Waals surface area contributed by atoms with E-state index in [-0.39, 0.29) is 35.5 Å². The van der Waals surface area contributed by atoms with Crippen molar-refractivity contribution in [2.45, 2.75) is 19.5 Å². The van der Waals surface area contributed by atoms with Crippen molar-refractivity contribution in [1.82, 2.24) is 0 Å². The van der Waals surface area contributed by atoms with E-state index in [9.17, 15) is 18.0 Å². The molecule has 0 amide bonds. The van der Waals surface area contributed by atoms with Crippen LogP contribution < -0.4 is 4.74 Å². The molecule has 0 unspecified atom stereocenters. The van der Waals surface area contributed by atoms with E-state index in [2.05, 4.69) is 15.9 Å². The largest absolute Gasteiger partial charge is 0.494 e. The van der Waals surface area contributed by atoms with E-state index in [0.717, 1.165) is 6.07 Å². The maximum absolute atomic E-state index is 12.8. The third-order valence-electron chi connectivity index (χ3n) is 2.26. The van der Waals surface area contributed by atoms with Crippen molar-refractivity contribution in [2.75, 3.05) is 11.9 Å². The van der Waals surface area contributed by atoms with E-state index < -0.39 is 11.7 Å². The monoisotopic (exact) mass is 324 g/mol. The van der Waals surface area contributed by atoms with Crippen molar-refractivity contribution in [3.05, 3.63) is 29.3 Å². The van der Waals surface area contributed by atoms with Crippen LogP contribution in [0.1, 0.15) is 18.1 Å². The number of hydrogen-bond acceptors (Lipinski definition) is 2. The van der Waals surface area contributed by atoms with Gasteiger partial charge in [-0.2, -0.15) is 13.2 Å². The lowest BCUT2D eigenvalue weighted by molar-refractivity contribution is -0.138. The Morgan fingerprint density at radius 1 is 1.39 bits per heavy atom. The summed E-state index contributed by atoms with van der Waals surface area (Å²) in [5.74, 6) is -0.214. The maximum atomic E-state index is 12.8. The molecular formula is C12H12BrF3O2. The number of carbonyl (C=O) groups is 1. The average Bonchev–Trinajstić information content (AvgIpc) is 2.30. The lowest BCUT2D eigenvalue weighted by atomic mass is 10.0. The lowest BCUT2D eigenvalue weighted by Crippen LogP contribution is -2.14. The highest BCUT2D eigenvalue weighted by atomic mass is 79.9. The van der Waals surface area contributed by atoms with E-state index in [1.807, 2.05) is 0 Å². The molecule has 100 valence electrons. The summed E-state index contributed by atoms with van der Waals surface area (Å²) in [4.78, 5) is 11.3. The molecule has 0 fully saturated rings. The van der Waals surface area contributed by atoms with Crippen molar-refractivity contribution >= 4 is 21.7 Å². The van der Waals surface area contributed by atoms with Crippen LogP contribution in [0, 0.1) is 0 Å². The summed E-state index contributed by atoms with van der Waals surface area (Å²) >= 11 is 2.94. The Morgan fingerprint density at radius 2 is 2.06 bits per heavy atom. The fraction of sp³-hybridized carbons (Fsp3) is 0.417. The first-order chi connectivity index (χ1) is 8.40. The molecule has 0 aromatic heterocycles. The molecule has 0 saturated heterocycles. The Labute approximate surface area is 111 Å². The molecule has 0 spiro atoms. The molecule has 0 heterocycles. The van der Waals surface area contributed by atoms with Gasteiger partial charge < -0.3 is 4.74 Å². The molecule has 1 aromatic rings. The fourth-order valence-corrected chi connectivity index (χ4v) is 1.75. The van der Waals surface area contributed by atoms with Crippen molar-refractivity contribution in [1.29, 1.82) is 0 Å². The Balaban J connectivity index is 3.25. The topological polar surface area (TPSA) is 26.3 Å². The van der Waals surface area contributed by atoms with E-state index in [1.165, 1.54) is 12.1 Å². The number of carbonyl (C=O) groups excluding carboxylic acids is 1. The second kappa shape index (κ2) is 6.22. The highest BCUT2D eigenvalue weighted by molar-refractivity contribution is 9.09. The minimum absolute atomic E-state index is 0.0186. The van der Waals surface area contributed by atoms with Gasteiger partial charge in [-0.15, -0.1) is 0 Å². The zero-order valence-electron chi connectivity index (χ0n) is 9.68. The summed E-state index contributed by atoms with van der Waals surface area (Å²) in [6.07, 6.45) is -4.79. The first kappa shape index (κ1) is 15.0. The van der Waals surface area contributed by atoms with Gasteiger partial charge in [0.15, 0.2) is 0 Å². The second-order valence-electron chi connectivity index (χ2n) is 3.56. The van der Waals surface area contributed by atoms with Crippen LogP contribution in [0.25, 0.3) is 0 Å². The summed E-state index contributed by atoms with van der Waals surface area (Å²) in [5.41, 5.74) is -0.918. The molecule has 0 radical (unpaired) electrons. The van der Waals surface area contributed by atoms with Crippen LogP contribution in [-0.4, -0.2) is 17.7 Å². The molecule has 0 aliphatic carbocycles. The van der Waals surface area contributed by atoms with Gasteiger partial charge in [-0.1, -0.05) is 22.0 Å². The summed E-state index contributed by atoms with van der Waals surface area (Å²) in [7, 11) is 0. The predicted molar refractivity (Wildman–Crippen MR) is 65.1 cm³/mol. The highest BCUT2D eigenvalue weighted by Gasteiger charge is 2.34. The van der Waals surface area contributed by atoms with E-state index >= 15 is 0 Å². The molecule has 0 saturated carbocycles. The molecule has 0 bridgehead atoms. The van der Waals surface area contributed by atoms with Crippen molar-refractivity contribution in [2.24, 2.45) is 0 Å². The first-order valence-corrected chi connectivity index (χ1v) is 6.41. The molecule has 0 aliphatic heterocycles. The normalized spacial score (nSPS) is 11.4. The smallest absolute Gasteiger partial charge is 0.416 e. The van der Waals surface area contributed by atoms with Gasteiger partial charge in [-0.25, -0.2) is 0 Å². The Hall–Kier alpha value is -1.04. The van der Waals surface area contributed by atoms with Crippen molar-refractivity contribution < 1.29 is 22.7 Å². The van der Waals surface area contributed by atoms with Crippen LogP contribution >= 0.6 is 15.9 Å². The minimum atomic E-state index is -4.49. The SMILES string of the molecule is CCOc1cccc(C(F)(F)F)c1CC(=O)CBr. The van der Waals surface area contributed by atoms with Crippen LogP contribution in [0.3, 0.4) is 0 Å². The average molecular weight is 325 g/mol. The number of halogens is 4. The van der Waals surface area contributed by atoms with Gasteiger partial charge in [-0.05, 0) is 19.1 Å². The van der Waals surface area contributed by atoms with Gasteiger partial charge in [-0.3, -0.25) is 4.79 Å². The first-order valence-electron chi connectivity index (χ1n) is 5.29. The highest BCUT2D eigenvalue weighted by Crippen LogP contribution is 2.36. The lowest BCUT2D eigenvalue weighted by Gasteiger charge is -2.16. The van der Waals surface area contributed by atoms with Crippen molar-refractivity contribution in [3.63, 3.8) is 0 Å². The van der Waals surface area contributed by atoms with Crippen LogP contribution in [0.5, 0.6) is 5.75 Å². The molecule has 1 rings (SSSR count). The summed E-state index contributed by atoms with van der Waals surface area (Å²) in [5, 5.41) is 0.0186. The Morgan fingerprint density at radius 3 is 2.56 bits per heavy atom. The quantitative estimate of drug-likeness (QED) is 0.773. The molecule has 2 nitrogen and oxygen atoms in total. The zero-order valence-corrected chi connectivity index (χ0v) is 11.3. The molecule has 0 aliphatic rings. The standard InChI is InChI=1S/C12H12BrF3O2/c1-2-18-11-5-3-4-10(12(14,15)16)9(11)6-8(17)7-13/h3-5H,2,6-7H2,1H3. The van der Waals surface area contributed by atoms with Gasteiger partial charge in [0.1, 0.15) is 11.5 Å². The summed E-state index contributed by atoms with van der Waals surface area (Å²) in [6.45, 7) is 1.92. The molecule has 0 atom stereocenters. The van der Waals surface area contributed by atoms with Crippen LogP contribution in [0.2, 0.25) is 0 Å². The molecule has 1 aromatic carbocycles. The number of ketones is 1. The molecule has 0 N–H and O–H groups in total. The van der Waals surface area contributed by atoms with E-state index in [4.69, 9.17) is 4.74 Å². The Bertz CT molecular complexity index is 430. The van der Waals surface area contributed by atoms with Crippen molar-refractivity contribution in [3.8, 4) is 5.75 Å². The van der Waals surface area contributed by atoms with Gasteiger partial charge in [0.05, 0.1) is 17.5 Å². The number of alkyl halides is 4. The van der Waals surface area contributed by atoms with Crippen LogP contribution in [0.4, 0.5) is 13.2 Å². The second-order valence-corrected chi connectivity index (χ2v) is 4.12. The Kier molecular flexibility index (Phi) is 5.19. The van der Waals surface area contributed by atoms with E-state index in [1.54, 1.807) is 6.92 Å².